The first-order valence-electron chi connectivity index (χ1n) is 7.19. The van der Waals surface area contributed by atoms with Gasteiger partial charge in [0.25, 0.3) is 0 Å². The first-order chi connectivity index (χ1) is 10.4. The second-order valence-corrected chi connectivity index (χ2v) is 7.86. The lowest BCUT2D eigenvalue weighted by atomic mass is 9.82. The molecule has 2 saturated heterocycles. The summed E-state index contributed by atoms with van der Waals surface area (Å²) in [4.78, 5) is 16.4. The molecule has 0 unspecified atom stereocenters. The van der Waals surface area contributed by atoms with Gasteiger partial charge in [-0.3, -0.25) is 9.78 Å². The first kappa shape index (κ1) is 15.4. The summed E-state index contributed by atoms with van der Waals surface area (Å²) in [6.45, 7) is 1.65. The molecule has 2 fully saturated rings. The van der Waals surface area contributed by atoms with Crippen LogP contribution in [0.4, 0.5) is 5.69 Å². The lowest BCUT2D eigenvalue weighted by molar-refractivity contribution is -0.128. The first-order valence-corrected chi connectivity index (χ1v) is 9.04. The number of pyridine rings is 1. The molecule has 120 valence electrons. The van der Waals surface area contributed by atoms with Crippen molar-refractivity contribution in [3.63, 3.8) is 0 Å². The zero-order chi connectivity index (χ0) is 15.7. The SMILES string of the molecule is CS(=O)(=O)N1C[C@@H]2COC[C@@H](C(=O)Nc3cccnc3)[C@@H]2C1. The number of hydrogen-bond donors (Lipinski definition) is 1. The van der Waals surface area contributed by atoms with E-state index in [-0.39, 0.29) is 23.7 Å². The number of amides is 1. The summed E-state index contributed by atoms with van der Waals surface area (Å²) < 4.78 is 30.4. The fraction of sp³-hybridized carbons (Fsp3) is 0.571. The number of rotatable bonds is 3. The van der Waals surface area contributed by atoms with Gasteiger partial charge in [-0.1, -0.05) is 0 Å². The molecule has 2 aliphatic rings. The van der Waals surface area contributed by atoms with Crippen LogP contribution >= 0.6 is 0 Å². The van der Waals surface area contributed by atoms with Gasteiger partial charge < -0.3 is 10.1 Å². The van der Waals surface area contributed by atoms with Crippen LogP contribution in [0.2, 0.25) is 0 Å². The summed E-state index contributed by atoms with van der Waals surface area (Å²) in [5.74, 6) is -0.406. The van der Waals surface area contributed by atoms with E-state index in [1.807, 2.05) is 0 Å². The van der Waals surface area contributed by atoms with Crippen molar-refractivity contribution in [1.29, 1.82) is 0 Å². The standard InChI is InChI=1S/C14H19N3O4S/c1-22(19,20)17-6-10-8-21-9-13(12(10)7-17)14(18)16-11-3-2-4-15-5-11/h2-5,10,12-13H,6-9H2,1H3,(H,16,18)/t10-,12-,13-/m1/s1. The second kappa shape index (κ2) is 5.94. The van der Waals surface area contributed by atoms with Gasteiger partial charge in [0.05, 0.1) is 37.3 Å². The Hall–Kier alpha value is -1.51. The van der Waals surface area contributed by atoms with Crippen molar-refractivity contribution in [2.24, 2.45) is 17.8 Å². The molecule has 0 aliphatic carbocycles. The Labute approximate surface area is 129 Å². The van der Waals surface area contributed by atoms with Gasteiger partial charge in [-0.05, 0) is 18.1 Å². The number of nitrogens with one attached hydrogen (secondary N) is 1. The summed E-state index contributed by atoms with van der Waals surface area (Å²) in [6, 6.07) is 3.51. The highest BCUT2D eigenvalue weighted by atomic mass is 32.2. The van der Waals surface area contributed by atoms with Crippen molar-refractivity contribution < 1.29 is 17.9 Å². The summed E-state index contributed by atoms with van der Waals surface area (Å²) >= 11 is 0. The quantitative estimate of drug-likeness (QED) is 0.856. The number of ether oxygens (including phenoxy) is 1. The maximum Gasteiger partial charge on any atom is 0.230 e. The zero-order valence-corrected chi connectivity index (χ0v) is 13.1. The molecule has 1 N–H and O–H groups in total. The van der Waals surface area contributed by atoms with E-state index in [2.05, 4.69) is 10.3 Å². The molecule has 3 atom stereocenters. The minimum absolute atomic E-state index is 0.000136. The molecule has 0 saturated carbocycles. The molecule has 1 aromatic heterocycles. The van der Waals surface area contributed by atoms with Crippen LogP contribution in [0.15, 0.2) is 24.5 Å². The van der Waals surface area contributed by atoms with Gasteiger partial charge in [-0.2, -0.15) is 0 Å². The predicted octanol–water partition coefficient (Wildman–Crippen LogP) is 0.174. The fourth-order valence-corrected chi connectivity index (χ4v) is 4.08. The number of fused-ring (bicyclic) bond motifs is 1. The molecule has 1 aromatic rings. The Morgan fingerprint density at radius 2 is 2.23 bits per heavy atom. The van der Waals surface area contributed by atoms with Crippen molar-refractivity contribution in [2.75, 3.05) is 37.9 Å². The number of anilines is 1. The van der Waals surface area contributed by atoms with Gasteiger partial charge in [0.2, 0.25) is 15.9 Å². The molecule has 0 radical (unpaired) electrons. The van der Waals surface area contributed by atoms with E-state index in [0.29, 0.717) is 32.0 Å². The number of carbonyl (C=O) groups is 1. The smallest absolute Gasteiger partial charge is 0.230 e. The van der Waals surface area contributed by atoms with E-state index in [1.165, 1.54) is 10.6 Å². The highest BCUT2D eigenvalue weighted by molar-refractivity contribution is 7.88. The van der Waals surface area contributed by atoms with Gasteiger partial charge >= 0.3 is 0 Å². The van der Waals surface area contributed by atoms with Gasteiger partial charge in [-0.25, -0.2) is 12.7 Å². The summed E-state index contributed by atoms with van der Waals surface area (Å²) in [7, 11) is -3.23. The third-order valence-electron chi connectivity index (χ3n) is 4.34. The Bertz CT molecular complexity index is 649. The average Bonchev–Trinajstić information content (AvgIpc) is 2.92. The molecule has 2 aliphatic heterocycles. The van der Waals surface area contributed by atoms with Crippen LogP contribution in [-0.2, 0) is 19.6 Å². The molecular formula is C14H19N3O4S. The van der Waals surface area contributed by atoms with Crippen LogP contribution in [-0.4, -0.2) is 56.2 Å². The molecule has 22 heavy (non-hydrogen) atoms. The number of hydrogen-bond acceptors (Lipinski definition) is 5. The van der Waals surface area contributed by atoms with Crippen molar-refractivity contribution in [3.05, 3.63) is 24.5 Å². The van der Waals surface area contributed by atoms with Gasteiger partial charge in [0, 0.05) is 25.2 Å². The van der Waals surface area contributed by atoms with E-state index < -0.39 is 10.0 Å². The normalized spacial score (nSPS) is 29.0. The summed E-state index contributed by atoms with van der Waals surface area (Å²) in [5.41, 5.74) is 0.632. The van der Waals surface area contributed by atoms with Gasteiger partial charge in [0.1, 0.15) is 0 Å². The monoisotopic (exact) mass is 325 g/mol. The molecule has 1 amide bonds. The molecule has 0 spiro atoms. The van der Waals surface area contributed by atoms with Crippen LogP contribution < -0.4 is 5.32 Å². The van der Waals surface area contributed by atoms with Crippen LogP contribution in [0.5, 0.6) is 0 Å². The molecule has 3 rings (SSSR count). The maximum absolute atomic E-state index is 12.5. The van der Waals surface area contributed by atoms with Crippen LogP contribution in [0.1, 0.15) is 0 Å². The van der Waals surface area contributed by atoms with E-state index in [1.54, 1.807) is 24.5 Å². The lowest BCUT2D eigenvalue weighted by Crippen LogP contribution is -2.42. The van der Waals surface area contributed by atoms with E-state index in [4.69, 9.17) is 4.74 Å². The largest absolute Gasteiger partial charge is 0.380 e. The number of nitrogens with zero attached hydrogens (tertiary/aromatic N) is 2. The number of carbonyl (C=O) groups excluding carboxylic acids is 1. The van der Waals surface area contributed by atoms with Crippen molar-refractivity contribution in [3.8, 4) is 0 Å². The van der Waals surface area contributed by atoms with Crippen LogP contribution in [0.25, 0.3) is 0 Å². The van der Waals surface area contributed by atoms with Crippen LogP contribution in [0, 0.1) is 17.8 Å². The molecule has 0 bridgehead atoms. The van der Waals surface area contributed by atoms with E-state index in [9.17, 15) is 13.2 Å². The Kier molecular flexibility index (Phi) is 4.16. The van der Waals surface area contributed by atoms with Gasteiger partial charge in [-0.15, -0.1) is 0 Å². The average molecular weight is 325 g/mol. The second-order valence-electron chi connectivity index (χ2n) is 5.88. The predicted molar refractivity (Wildman–Crippen MR) is 80.6 cm³/mol. The molecule has 0 aromatic carbocycles. The number of sulfonamides is 1. The lowest BCUT2D eigenvalue weighted by Gasteiger charge is -2.31. The Balaban J connectivity index is 1.72. The van der Waals surface area contributed by atoms with Crippen molar-refractivity contribution in [2.45, 2.75) is 0 Å². The molecule has 7 nitrogen and oxygen atoms in total. The maximum atomic E-state index is 12.5. The fourth-order valence-electron chi connectivity index (χ4n) is 3.17. The minimum Gasteiger partial charge on any atom is -0.380 e. The third kappa shape index (κ3) is 3.13. The van der Waals surface area contributed by atoms with E-state index >= 15 is 0 Å². The summed E-state index contributed by atoms with van der Waals surface area (Å²) in [6.07, 6.45) is 4.42. The van der Waals surface area contributed by atoms with Gasteiger partial charge in [0.15, 0.2) is 0 Å². The van der Waals surface area contributed by atoms with E-state index in [0.717, 1.165) is 0 Å². The highest BCUT2D eigenvalue weighted by Gasteiger charge is 2.46. The van der Waals surface area contributed by atoms with Crippen molar-refractivity contribution >= 4 is 21.6 Å². The number of aromatic nitrogens is 1. The Morgan fingerprint density at radius 3 is 2.91 bits per heavy atom. The Morgan fingerprint density at radius 1 is 1.41 bits per heavy atom. The topological polar surface area (TPSA) is 88.6 Å². The third-order valence-corrected chi connectivity index (χ3v) is 5.58. The molecule has 8 heteroatoms. The minimum atomic E-state index is -3.23. The van der Waals surface area contributed by atoms with Crippen molar-refractivity contribution in [1.82, 2.24) is 9.29 Å². The van der Waals surface area contributed by atoms with Crippen LogP contribution in [0.3, 0.4) is 0 Å². The highest BCUT2D eigenvalue weighted by Crippen LogP contribution is 2.35. The summed E-state index contributed by atoms with van der Waals surface area (Å²) in [5, 5.41) is 2.83. The molecule has 3 heterocycles. The molecular weight excluding hydrogens is 306 g/mol. The zero-order valence-electron chi connectivity index (χ0n) is 12.3.